The average molecular weight is 248 g/mol. The molecule has 1 N–H and O–H groups in total. The van der Waals surface area contributed by atoms with Gasteiger partial charge in [0.05, 0.1) is 0 Å². The van der Waals surface area contributed by atoms with Gasteiger partial charge in [0.15, 0.2) is 5.78 Å². The number of carbonyl (C=O) groups excluding carboxylic acids is 1. The molecule has 1 aliphatic heterocycles. The molecule has 0 bridgehead atoms. The monoisotopic (exact) mass is 248 g/mol. The topological polar surface area (TPSA) is 43.8 Å². The van der Waals surface area contributed by atoms with Gasteiger partial charge in [-0.1, -0.05) is 0 Å². The SMILES string of the molecule is CC(=O)c1ccc(N2CCN(C(C)O)CC2)cc1. The van der Waals surface area contributed by atoms with Crippen molar-refractivity contribution in [1.29, 1.82) is 0 Å². The van der Waals surface area contributed by atoms with E-state index in [1.165, 1.54) is 0 Å². The van der Waals surface area contributed by atoms with Crippen LogP contribution in [0.3, 0.4) is 0 Å². The zero-order valence-electron chi connectivity index (χ0n) is 11.0. The zero-order chi connectivity index (χ0) is 13.1. The average Bonchev–Trinajstić information content (AvgIpc) is 2.39. The van der Waals surface area contributed by atoms with Crippen molar-refractivity contribution in [3.63, 3.8) is 0 Å². The van der Waals surface area contributed by atoms with Crippen LogP contribution in [-0.4, -0.2) is 48.2 Å². The fourth-order valence-corrected chi connectivity index (χ4v) is 2.26. The third kappa shape index (κ3) is 2.89. The Labute approximate surface area is 108 Å². The molecule has 0 amide bonds. The van der Waals surface area contributed by atoms with E-state index < -0.39 is 0 Å². The summed E-state index contributed by atoms with van der Waals surface area (Å²) in [5, 5.41) is 9.50. The van der Waals surface area contributed by atoms with Gasteiger partial charge in [-0.3, -0.25) is 9.69 Å². The van der Waals surface area contributed by atoms with Gasteiger partial charge in [0.2, 0.25) is 0 Å². The Balaban J connectivity index is 1.99. The minimum atomic E-state index is -0.368. The first kappa shape index (κ1) is 13.1. The summed E-state index contributed by atoms with van der Waals surface area (Å²) in [5.41, 5.74) is 1.90. The molecule has 98 valence electrons. The van der Waals surface area contributed by atoms with Crippen LogP contribution in [0.4, 0.5) is 5.69 Å². The van der Waals surface area contributed by atoms with Gasteiger partial charge in [0, 0.05) is 37.4 Å². The van der Waals surface area contributed by atoms with Crippen molar-refractivity contribution in [3.05, 3.63) is 29.8 Å². The standard InChI is InChI=1S/C14H20N2O2/c1-11(17)13-3-5-14(6-4-13)16-9-7-15(8-10-16)12(2)18/h3-6,12,18H,7-10H2,1-2H3. The summed E-state index contributed by atoms with van der Waals surface area (Å²) in [6, 6.07) is 7.74. The zero-order valence-corrected chi connectivity index (χ0v) is 11.0. The van der Waals surface area contributed by atoms with Crippen LogP contribution < -0.4 is 4.90 Å². The van der Waals surface area contributed by atoms with Crippen molar-refractivity contribution >= 4 is 11.5 Å². The molecule has 1 fully saturated rings. The lowest BCUT2D eigenvalue weighted by atomic mass is 10.1. The highest BCUT2D eigenvalue weighted by molar-refractivity contribution is 5.94. The Kier molecular flexibility index (Phi) is 3.99. The number of aliphatic hydroxyl groups excluding tert-OH is 1. The molecular weight excluding hydrogens is 228 g/mol. The lowest BCUT2D eigenvalue weighted by Gasteiger charge is -2.37. The van der Waals surface area contributed by atoms with E-state index in [9.17, 15) is 9.90 Å². The molecule has 0 saturated carbocycles. The largest absolute Gasteiger partial charge is 0.379 e. The molecule has 1 heterocycles. The smallest absolute Gasteiger partial charge is 0.159 e. The lowest BCUT2D eigenvalue weighted by Crippen LogP contribution is -2.49. The Morgan fingerprint density at radius 1 is 1.17 bits per heavy atom. The molecule has 4 heteroatoms. The summed E-state index contributed by atoms with van der Waals surface area (Å²) in [5.74, 6) is 0.0977. The first-order valence-electron chi connectivity index (χ1n) is 6.36. The molecule has 1 saturated heterocycles. The second kappa shape index (κ2) is 5.50. The van der Waals surface area contributed by atoms with Gasteiger partial charge in [-0.15, -0.1) is 0 Å². The Morgan fingerprint density at radius 3 is 2.17 bits per heavy atom. The molecular formula is C14H20N2O2. The predicted molar refractivity (Wildman–Crippen MR) is 71.9 cm³/mol. The number of anilines is 1. The maximum Gasteiger partial charge on any atom is 0.159 e. The van der Waals surface area contributed by atoms with E-state index in [0.29, 0.717) is 0 Å². The molecule has 1 aromatic rings. The van der Waals surface area contributed by atoms with E-state index in [-0.39, 0.29) is 12.0 Å². The summed E-state index contributed by atoms with van der Waals surface area (Å²) in [6.45, 7) is 6.93. The quantitative estimate of drug-likeness (QED) is 0.820. The van der Waals surface area contributed by atoms with Crippen molar-refractivity contribution in [3.8, 4) is 0 Å². The number of rotatable bonds is 3. The van der Waals surface area contributed by atoms with Crippen LogP contribution in [-0.2, 0) is 0 Å². The maximum absolute atomic E-state index is 11.2. The van der Waals surface area contributed by atoms with Crippen LogP contribution in [0.5, 0.6) is 0 Å². The minimum Gasteiger partial charge on any atom is -0.379 e. The number of Topliss-reactive ketones (excluding diaryl/α,β-unsaturated/α-hetero) is 1. The summed E-state index contributed by atoms with van der Waals surface area (Å²) >= 11 is 0. The Hall–Kier alpha value is -1.39. The van der Waals surface area contributed by atoms with Crippen molar-refractivity contribution in [2.24, 2.45) is 0 Å². The van der Waals surface area contributed by atoms with E-state index >= 15 is 0 Å². The third-order valence-corrected chi connectivity index (χ3v) is 3.48. The number of ketones is 1. The van der Waals surface area contributed by atoms with Gasteiger partial charge in [0.1, 0.15) is 6.23 Å². The molecule has 0 radical (unpaired) electrons. The lowest BCUT2D eigenvalue weighted by molar-refractivity contribution is 0.0153. The van der Waals surface area contributed by atoms with Gasteiger partial charge in [0.25, 0.3) is 0 Å². The highest BCUT2D eigenvalue weighted by Crippen LogP contribution is 2.18. The van der Waals surface area contributed by atoms with Crippen LogP contribution in [0.15, 0.2) is 24.3 Å². The van der Waals surface area contributed by atoms with Crippen molar-refractivity contribution < 1.29 is 9.90 Å². The van der Waals surface area contributed by atoms with Crippen molar-refractivity contribution in [2.75, 3.05) is 31.1 Å². The normalized spacial score (nSPS) is 18.7. The van der Waals surface area contributed by atoms with E-state index in [1.54, 1.807) is 13.8 Å². The van der Waals surface area contributed by atoms with Gasteiger partial charge >= 0.3 is 0 Å². The number of carbonyl (C=O) groups is 1. The number of hydrogen-bond acceptors (Lipinski definition) is 4. The summed E-state index contributed by atoms with van der Waals surface area (Å²) in [6.07, 6.45) is -0.368. The molecule has 1 aromatic carbocycles. The van der Waals surface area contributed by atoms with Crippen LogP contribution >= 0.6 is 0 Å². The molecule has 0 aliphatic carbocycles. The first-order chi connectivity index (χ1) is 8.58. The molecule has 2 rings (SSSR count). The number of benzene rings is 1. The molecule has 0 spiro atoms. The van der Waals surface area contributed by atoms with Crippen LogP contribution in [0.25, 0.3) is 0 Å². The van der Waals surface area contributed by atoms with Gasteiger partial charge in [-0.25, -0.2) is 0 Å². The van der Waals surface area contributed by atoms with E-state index in [4.69, 9.17) is 0 Å². The fourth-order valence-electron chi connectivity index (χ4n) is 2.26. The molecule has 1 atom stereocenters. The summed E-state index contributed by atoms with van der Waals surface area (Å²) in [4.78, 5) is 15.5. The molecule has 0 aromatic heterocycles. The Bertz CT molecular complexity index is 406. The predicted octanol–water partition coefficient (Wildman–Crippen LogP) is 1.35. The van der Waals surface area contributed by atoms with E-state index in [0.717, 1.165) is 37.4 Å². The molecule has 4 nitrogen and oxygen atoms in total. The second-order valence-electron chi connectivity index (χ2n) is 4.76. The number of hydrogen-bond donors (Lipinski definition) is 1. The maximum atomic E-state index is 11.2. The van der Waals surface area contributed by atoms with Gasteiger partial charge in [-0.05, 0) is 38.1 Å². The minimum absolute atomic E-state index is 0.0977. The summed E-state index contributed by atoms with van der Waals surface area (Å²) in [7, 11) is 0. The van der Waals surface area contributed by atoms with Crippen molar-refractivity contribution in [2.45, 2.75) is 20.1 Å². The number of aliphatic hydroxyl groups is 1. The van der Waals surface area contributed by atoms with Gasteiger partial charge in [-0.2, -0.15) is 0 Å². The second-order valence-corrected chi connectivity index (χ2v) is 4.76. The molecule has 1 unspecified atom stereocenters. The number of nitrogens with zero attached hydrogens (tertiary/aromatic N) is 2. The van der Waals surface area contributed by atoms with E-state index in [2.05, 4.69) is 9.80 Å². The fraction of sp³-hybridized carbons (Fsp3) is 0.500. The Morgan fingerprint density at radius 2 is 1.72 bits per heavy atom. The van der Waals surface area contributed by atoms with Crippen molar-refractivity contribution in [1.82, 2.24) is 4.90 Å². The third-order valence-electron chi connectivity index (χ3n) is 3.48. The molecule has 18 heavy (non-hydrogen) atoms. The van der Waals surface area contributed by atoms with Gasteiger partial charge < -0.3 is 10.0 Å². The van der Waals surface area contributed by atoms with Crippen LogP contribution in [0, 0.1) is 0 Å². The molecule has 1 aliphatic rings. The highest BCUT2D eigenvalue weighted by Gasteiger charge is 2.19. The highest BCUT2D eigenvalue weighted by atomic mass is 16.3. The summed E-state index contributed by atoms with van der Waals surface area (Å²) < 4.78 is 0. The van der Waals surface area contributed by atoms with E-state index in [1.807, 2.05) is 24.3 Å². The first-order valence-corrected chi connectivity index (χ1v) is 6.36. The van der Waals surface area contributed by atoms with Crippen LogP contribution in [0.1, 0.15) is 24.2 Å². The number of piperazine rings is 1. The van der Waals surface area contributed by atoms with Crippen LogP contribution in [0.2, 0.25) is 0 Å².